The van der Waals surface area contributed by atoms with Crippen molar-refractivity contribution >= 4 is 15.6 Å². The molecule has 31 heavy (non-hydrogen) atoms. The van der Waals surface area contributed by atoms with Crippen molar-refractivity contribution in [3.8, 4) is 5.75 Å². The van der Waals surface area contributed by atoms with Gasteiger partial charge in [0, 0.05) is 18.8 Å². The van der Waals surface area contributed by atoms with Crippen molar-refractivity contribution in [1.82, 2.24) is 0 Å². The third-order valence-electron chi connectivity index (χ3n) is 5.94. The second kappa shape index (κ2) is 9.79. The molecule has 0 amide bonds. The number of aryl methyl sites for hydroxylation is 1. The minimum atomic E-state index is -3.57. The van der Waals surface area contributed by atoms with E-state index in [9.17, 15) is 13.2 Å². The number of hydrogen-bond donors (Lipinski definition) is 0. The first-order valence-electron chi connectivity index (χ1n) is 10.6. The lowest BCUT2D eigenvalue weighted by Crippen LogP contribution is -2.44. The van der Waals surface area contributed by atoms with Gasteiger partial charge >= 0.3 is 0 Å². The molecular formula is C25H30O5S. The minimum absolute atomic E-state index is 0.0577. The number of rotatable bonds is 9. The van der Waals surface area contributed by atoms with Crippen LogP contribution in [0.15, 0.2) is 65.6 Å². The fraction of sp³-hybridized carbons (Fsp3) is 0.400. The fourth-order valence-corrected chi connectivity index (χ4v) is 6.09. The maximum absolute atomic E-state index is 13.4. The van der Waals surface area contributed by atoms with Crippen molar-refractivity contribution in [2.75, 3.05) is 19.8 Å². The van der Waals surface area contributed by atoms with Crippen molar-refractivity contribution in [3.63, 3.8) is 0 Å². The second-order valence-electron chi connectivity index (χ2n) is 8.07. The van der Waals surface area contributed by atoms with Crippen LogP contribution in [-0.4, -0.2) is 38.8 Å². The highest BCUT2D eigenvalue weighted by molar-refractivity contribution is 7.93. The maximum Gasteiger partial charge on any atom is 0.188 e. The van der Waals surface area contributed by atoms with Gasteiger partial charge in [0.2, 0.25) is 0 Å². The van der Waals surface area contributed by atoms with Crippen molar-refractivity contribution in [1.29, 1.82) is 0 Å². The van der Waals surface area contributed by atoms with E-state index < -0.39 is 14.6 Å². The molecule has 2 aromatic rings. The molecule has 5 nitrogen and oxygen atoms in total. The molecule has 2 aromatic carbocycles. The van der Waals surface area contributed by atoms with Crippen LogP contribution in [0.2, 0.25) is 0 Å². The summed E-state index contributed by atoms with van der Waals surface area (Å²) in [5.41, 5.74) is 2.47. The van der Waals surface area contributed by atoms with Crippen LogP contribution >= 0.6 is 0 Å². The van der Waals surface area contributed by atoms with E-state index in [1.54, 1.807) is 38.1 Å². The molecule has 3 rings (SSSR count). The molecule has 0 aliphatic carbocycles. The predicted molar refractivity (Wildman–Crippen MR) is 121 cm³/mol. The van der Waals surface area contributed by atoms with Crippen LogP contribution in [0, 0.1) is 0 Å². The number of ether oxygens (including phenoxy) is 2. The lowest BCUT2D eigenvalue weighted by Gasteiger charge is -2.37. The van der Waals surface area contributed by atoms with E-state index in [0.29, 0.717) is 49.5 Å². The van der Waals surface area contributed by atoms with Crippen molar-refractivity contribution < 1.29 is 22.7 Å². The number of sulfone groups is 1. The quantitative estimate of drug-likeness (QED) is 0.317. The molecule has 1 fully saturated rings. The first-order valence-corrected chi connectivity index (χ1v) is 12.1. The molecule has 0 spiro atoms. The summed E-state index contributed by atoms with van der Waals surface area (Å²) in [7, 11) is -3.57. The van der Waals surface area contributed by atoms with E-state index in [1.807, 2.05) is 24.3 Å². The van der Waals surface area contributed by atoms with E-state index in [0.717, 1.165) is 18.4 Å². The molecule has 1 aliphatic heterocycles. The molecule has 1 saturated heterocycles. The Morgan fingerprint density at radius 1 is 1.10 bits per heavy atom. The van der Waals surface area contributed by atoms with Gasteiger partial charge in [0.05, 0.1) is 11.5 Å². The van der Waals surface area contributed by atoms with Gasteiger partial charge in [0.25, 0.3) is 0 Å². The summed E-state index contributed by atoms with van der Waals surface area (Å²) in [6.07, 6.45) is 2.44. The van der Waals surface area contributed by atoms with E-state index in [1.165, 1.54) is 0 Å². The van der Waals surface area contributed by atoms with Crippen LogP contribution in [0.5, 0.6) is 5.75 Å². The minimum Gasteiger partial charge on any atom is -0.494 e. The molecule has 1 heterocycles. The molecule has 0 bridgehead atoms. The molecule has 0 saturated carbocycles. The molecule has 0 N–H and O–H groups in total. The van der Waals surface area contributed by atoms with Crippen LogP contribution in [-0.2, 0) is 21.0 Å². The number of benzene rings is 2. The number of Topliss-reactive ketones (excluding diaryl/α,β-unsaturated/α-hetero) is 1. The highest BCUT2D eigenvalue weighted by Crippen LogP contribution is 2.40. The molecule has 1 aliphatic rings. The van der Waals surface area contributed by atoms with Gasteiger partial charge in [-0.1, -0.05) is 30.4 Å². The zero-order valence-electron chi connectivity index (χ0n) is 18.2. The summed E-state index contributed by atoms with van der Waals surface area (Å²) in [6, 6.07) is 14.2. The van der Waals surface area contributed by atoms with Gasteiger partial charge in [0.15, 0.2) is 15.6 Å². The SMILES string of the molecule is C=C(C)C1(S(=O)(=O)c2ccc(OCCCc3cccc(C(C)=O)c3)cc2)CCOCC1. The Bertz CT molecular complexity index is 1030. The van der Waals surface area contributed by atoms with E-state index in [-0.39, 0.29) is 10.7 Å². The van der Waals surface area contributed by atoms with Crippen LogP contribution in [0.3, 0.4) is 0 Å². The summed E-state index contributed by atoms with van der Waals surface area (Å²) in [6.45, 7) is 8.66. The summed E-state index contributed by atoms with van der Waals surface area (Å²) >= 11 is 0. The molecule has 166 valence electrons. The standard InChI is InChI=1S/C25H30O5S/c1-19(2)25(13-16-29-17-14-25)31(27,28)24-11-9-23(10-12-24)30-15-5-7-21-6-4-8-22(18-21)20(3)26/h4,6,8-12,18H,1,5,7,13-17H2,2-3H3. The van der Waals surface area contributed by atoms with Crippen LogP contribution in [0.1, 0.15) is 49.0 Å². The molecule has 0 radical (unpaired) electrons. The van der Waals surface area contributed by atoms with E-state index in [2.05, 4.69) is 6.58 Å². The number of carbonyl (C=O) groups is 1. The Labute approximate surface area is 185 Å². The monoisotopic (exact) mass is 442 g/mol. The summed E-state index contributed by atoms with van der Waals surface area (Å²) in [5.74, 6) is 0.690. The Balaban J connectivity index is 1.60. The normalized spacial score (nSPS) is 15.9. The first-order chi connectivity index (χ1) is 14.8. The Morgan fingerprint density at radius 2 is 1.77 bits per heavy atom. The molecule has 6 heteroatoms. The zero-order chi connectivity index (χ0) is 22.5. The molecule has 0 atom stereocenters. The largest absolute Gasteiger partial charge is 0.494 e. The average molecular weight is 443 g/mol. The van der Waals surface area contributed by atoms with E-state index >= 15 is 0 Å². The average Bonchev–Trinajstić information content (AvgIpc) is 2.77. The van der Waals surface area contributed by atoms with Crippen LogP contribution < -0.4 is 4.74 Å². The Morgan fingerprint density at radius 3 is 2.39 bits per heavy atom. The highest BCUT2D eigenvalue weighted by Gasteiger charge is 2.46. The lowest BCUT2D eigenvalue weighted by atomic mass is 9.92. The topological polar surface area (TPSA) is 69.7 Å². The van der Waals surface area contributed by atoms with Gasteiger partial charge in [-0.25, -0.2) is 8.42 Å². The third-order valence-corrected chi connectivity index (χ3v) is 8.62. The van der Waals surface area contributed by atoms with Crippen molar-refractivity contribution in [3.05, 3.63) is 71.8 Å². The smallest absolute Gasteiger partial charge is 0.188 e. The Hall–Kier alpha value is -2.44. The zero-order valence-corrected chi connectivity index (χ0v) is 19.0. The van der Waals surface area contributed by atoms with Gasteiger partial charge in [-0.3, -0.25) is 4.79 Å². The van der Waals surface area contributed by atoms with Crippen molar-refractivity contribution in [2.24, 2.45) is 0 Å². The maximum atomic E-state index is 13.4. The van der Waals surface area contributed by atoms with E-state index in [4.69, 9.17) is 9.47 Å². The van der Waals surface area contributed by atoms with Crippen LogP contribution in [0.25, 0.3) is 0 Å². The van der Waals surface area contributed by atoms with Crippen molar-refractivity contribution in [2.45, 2.75) is 49.2 Å². The summed E-state index contributed by atoms with van der Waals surface area (Å²) < 4.78 is 37.0. The van der Waals surface area contributed by atoms with Gasteiger partial charge in [-0.2, -0.15) is 0 Å². The highest BCUT2D eigenvalue weighted by atomic mass is 32.2. The van der Waals surface area contributed by atoms with Gasteiger partial charge in [0.1, 0.15) is 10.5 Å². The Kier molecular flexibility index (Phi) is 7.34. The number of ketones is 1. The lowest BCUT2D eigenvalue weighted by molar-refractivity contribution is 0.0826. The predicted octanol–water partition coefficient (Wildman–Crippen LogP) is 4.80. The van der Waals surface area contributed by atoms with Gasteiger partial charge < -0.3 is 9.47 Å². The molecule has 0 unspecified atom stereocenters. The third kappa shape index (κ3) is 5.08. The molecule has 0 aromatic heterocycles. The molecular weight excluding hydrogens is 412 g/mol. The van der Waals surface area contributed by atoms with Crippen LogP contribution in [0.4, 0.5) is 0 Å². The number of carbonyl (C=O) groups excluding carboxylic acids is 1. The fourth-order valence-electron chi connectivity index (χ4n) is 3.98. The second-order valence-corrected chi connectivity index (χ2v) is 10.3. The first kappa shape index (κ1) is 23.2. The van der Waals surface area contributed by atoms with Gasteiger partial charge in [-0.05, 0) is 75.4 Å². The number of hydrogen-bond acceptors (Lipinski definition) is 5. The summed E-state index contributed by atoms with van der Waals surface area (Å²) in [4.78, 5) is 11.8. The summed E-state index contributed by atoms with van der Waals surface area (Å²) in [5, 5.41) is 0. The van der Waals surface area contributed by atoms with Gasteiger partial charge in [-0.15, -0.1) is 0 Å².